The number of carbonyl (C=O) groups excluding carboxylic acids is 2. The summed E-state index contributed by atoms with van der Waals surface area (Å²) in [5.41, 5.74) is 0.108. The van der Waals surface area contributed by atoms with E-state index in [-0.39, 0.29) is 21.8 Å². The first kappa shape index (κ1) is 25.0. The number of amides is 2. The van der Waals surface area contributed by atoms with Crippen LogP contribution in [-0.4, -0.2) is 55.8 Å². The first-order valence-electron chi connectivity index (χ1n) is 10.3. The Labute approximate surface area is 200 Å². The molecular weight excluding hydrogens is 464 g/mol. The fourth-order valence-corrected chi connectivity index (χ4v) is 3.31. The van der Waals surface area contributed by atoms with Gasteiger partial charge >= 0.3 is 0 Å². The Hall–Kier alpha value is -3.60. The van der Waals surface area contributed by atoms with Gasteiger partial charge in [-0.25, -0.2) is 5.84 Å². The van der Waals surface area contributed by atoms with Crippen molar-refractivity contribution >= 4 is 40.0 Å². The lowest BCUT2D eigenvalue weighted by Crippen LogP contribution is -2.37. The van der Waals surface area contributed by atoms with Crippen molar-refractivity contribution in [2.45, 2.75) is 6.92 Å². The van der Waals surface area contributed by atoms with Crippen molar-refractivity contribution in [1.82, 2.24) is 9.99 Å². The smallest absolute Gasteiger partial charge is 0.267 e. The van der Waals surface area contributed by atoms with Crippen molar-refractivity contribution in [2.24, 2.45) is 5.84 Å². The third kappa shape index (κ3) is 5.48. The Morgan fingerprint density at radius 3 is 2.56 bits per heavy atom. The first-order chi connectivity index (χ1) is 16.3. The molecule has 10 nitrogen and oxygen atoms in total. The summed E-state index contributed by atoms with van der Waals surface area (Å²) < 4.78 is 16.0. The molecule has 11 heteroatoms. The van der Waals surface area contributed by atoms with E-state index in [4.69, 9.17) is 31.7 Å². The second-order valence-corrected chi connectivity index (χ2v) is 7.59. The van der Waals surface area contributed by atoms with Crippen LogP contribution in [0.5, 0.6) is 11.5 Å². The monoisotopic (exact) mass is 488 g/mol. The number of hydrazine groups is 1. The number of fused-ring (bicyclic) bond motifs is 1. The highest BCUT2D eigenvalue weighted by molar-refractivity contribution is 6.34. The predicted octanol–water partition coefficient (Wildman–Crippen LogP) is 2.80. The zero-order chi connectivity index (χ0) is 24.8. The minimum Gasteiger partial charge on any atom is -0.493 e. The largest absolute Gasteiger partial charge is 0.493 e. The van der Waals surface area contributed by atoms with Gasteiger partial charge in [-0.3, -0.25) is 19.4 Å². The van der Waals surface area contributed by atoms with Gasteiger partial charge in [-0.1, -0.05) is 11.6 Å². The van der Waals surface area contributed by atoms with Gasteiger partial charge < -0.3 is 24.5 Å². The van der Waals surface area contributed by atoms with E-state index in [0.717, 1.165) is 5.01 Å². The van der Waals surface area contributed by atoms with E-state index in [0.29, 0.717) is 42.2 Å². The molecule has 0 aliphatic rings. The van der Waals surface area contributed by atoms with Crippen LogP contribution in [0.25, 0.3) is 10.9 Å². The Balaban J connectivity index is 1.94. The summed E-state index contributed by atoms with van der Waals surface area (Å²) in [7, 11) is 3.04. The number of rotatable bonds is 9. The Morgan fingerprint density at radius 1 is 1.12 bits per heavy atom. The molecule has 1 heterocycles. The lowest BCUT2D eigenvalue weighted by Gasteiger charge is -2.15. The van der Waals surface area contributed by atoms with E-state index < -0.39 is 17.4 Å². The van der Waals surface area contributed by atoms with Crippen LogP contribution in [-0.2, 0) is 4.74 Å². The van der Waals surface area contributed by atoms with Crippen LogP contribution in [0.3, 0.4) is 0 Å². The quantitative estimate of drug-likeness (QED) is 0.182. The minimum absolute atomic E-state index is 0.151. The number of anilines is 1. The van der Waals surface area contributed by atoms with Crippen LogP contribution >= 0.6 is 11.6 Å². The summed E-state index contributed by atoms with van der Waals surface area (Å²) in [5.74, 6) is 5.38. The van der Waals surface area contributed by atoms with Crippen LogP contribution < -0.4 is 26.2 Å². The number of H-pyrrole nitrogens is 1. The molecule has 0 fully saturated rings. The highest BCUT2D eigenvalue weighted by atomic mass is 35.5. The Bertz CT molecular complexity index is 1280. The first-order valence-corrected chi connectivity index (χ1v) is 10.7. The van der Waals surface area contributed by atoms with Gasteiger partial charge in [-0.15, -0.1) is 0 Å². The molecule has 0 atom stereocenters. The topological polar surface area (TPSA) is 136 Å². The van der Waals surface area contributed by atoms with Gasteiger partial charge in [0.25, 0.3) is 17.4 Å². The van der Waals surface area contributed by atoms with Gasteiger partial charge in [-0.05, 0) is 37.3 Å². The maximum absolute atomic E-state index is 12.9. The molecule has 34 heavy (non-hydrogen) atoms. The lowest BCUT2D eigenvalue weighted by molar-refractivity contribution is 0.0764. The van der Waals surface area contributed by atoms with Crippen LogP contribution in [0.15, 0.2) is 41.2 Å². The summed E-state index contributed by atoms with van der Waals surface area (Å²) in [6, 6.07) is 9.07. The number of pyridine rings is 1. The molecule has 4 N–H and O–H groups in total. The van der Waals surface area contributed by atoms with E-state index >= 15 is 0 Å². The number of aromatic nitrogens is 1. The molecule has 0 unspecified atom stereocenters. The van der Waals surface area contributed by atoms with Crippen molar-refractivity contribution in [1.29, 1.82) is 0 Å². The maximum Gasteiger partial charge on any atom is 0.267 e. The van der Waals surface area contributed by atoms with E-state index in [9.17, 15) is 14.4 Å². The Kier molecular flexibility index (Phi) is 8.11. The van der Waals surface area contributed by atoms with Gasteiger partial charge in [0.1, 0.15) is 12.2 Å². The normalized spacial score (nSPS) is 10.7. The average Bonchev–Trinajstić information content (AvgIpc) is 2.83. The molecule has 180 valence electrons. The fourth-order valence-electron chi connectivity index (χ4n) is 3.14. The number of methoxy groups -OCH3 is 2. The molecule has 3 rings (SSSR count). The van der Waals surface area contributed by atoms with Crippen molar-refractivity contribution in [3.8, 4) is 11.5 Å². The second-order valence-electron chi connectivity index (χ2n) is 7.18. The number of nitrogens with one attached hydrogen (secondary N) is 2. The van der Waals surface area contributed by atoms with Crippen molar-refractivity contribution < 1.29 is 23.8 Å². The number of hydrogen-bond donors (Lipinski definition) is 3. The summed E-state index contributed by atoms with van der Waals surface area (Å²) in [6.45, 7) is 2.70. The molecule has 2 aromatic carbocycles. The number of hydrogen-bond acceptors (Lipinski definition) is 7. The molecule has 0 saturated heterocycles. The molecule has 2 amide bonds. The third-order valence-corrected chi connectivity index (χ3v) is 5.31. The molecule has 0 aliphatic carbocycles. The molecule has 3 aromatic rings. The number of nitrogens with zero attached hydrogens (tertiary/aromatic N) is 1. The van der Waals surface area contributed by atoms with Crippen LogP contribution in [0, 0.1) is 0 Å². The average molecular weight is 489 g/mol. The third-order valence-electron chi connectivity index (χ3n) is 4.98. The predicted molar refractivity (Wildman–Crippen MR) is 129 cm³/mol. The van der Waals surface area contributed by atoms with Crippen molar-refractivity contribution in [3.05, 3.63) is 62.9 Å². The fraction of sp³-hybridized carbons (Fsp3) is 0.261. The standard InChI is InChI=1S/C23H25ClN4O6/c1-4-28(25)23(31)13-5-6-16(24)18(10-13)27-22(30)15-9-14-11-20(34-8-7-32-2)19(33-3)12-17(14)26-21(15)29/h5-6,9-12H,4,7-8,25H2,1-3H3,(H,26,29)(H,27,30). The zero-order valence-electron chi connectivity index (χ0n) is 18.9. The van der Waals surface area contributed by atoms with Crippen LogP contribution in [0.2, 0.25) is 5.02 Å². The van der Waals surface area contributed by atoms with Crippen LogP contribution in [0.1, 0.15) is 27.6 Å². The molecular formula is C23H25ClN4O6. The lowest BCUT2D eigenvalue weighted by atomic mass is 10.1. The number of nitrogens with two attached hydrogens (primary N) is 1. The SMILES string of the molecule is CCN(N)C(=O)c1ccc(Cl)c(NC(=O)c2cc3cc(OCCOC)c(OC)cc3[nH]c2=O)c1. The molecule has 0 spiro atoms. The van der Waals surface area contributed by atoms with Crippen LogP contribution in [0.4, 0.5) is 5.69 Å². The summed E-state index contributed by atoms with van der Waals surface area (Å²) >= 11 is 6.20. The summed E-state index contributed by atoms with van der Waals surface area (Å²) in [6.07, 6.45) is 0. The number of aromatic amines is 1. The van der Waals surface area contributed by atoms with Gasteiger partial charge in [0, 0.05) is 30.7 Å². The maximum atomic E-state index is 12.9. The van der Waals surface area contributed by atoms with E-state index in [1.165, 1.54) is 31.4 Å². The van der Waals surface area contributed by atoms with Crippen molar-refractivity contribution in [2.75, 3.05) is 39.3 Å². The van der Waals surface area contributed by atoms with Crippen molar-refractivity contribution in [3.63, 3.8) is 0 Å². The van der Waals surface area contributed by atoms with Gasteiger partial charge in [-0.2, -0.15) is 0 Å². The van der Waals surface area contributed by atoms with Gasteiger partial charge in [0.05, 0.1) is 29.9 Å². The highest BCUT2D eigenvalue weighted by Gasteiger charge is 2.18. The van der Waals surface area contributed by atoms with E-state index in [1.807, 2.05) is 0 Å². The molecule has 0 saturated carbocycles. The van der Waals surface area contributed by atoms with E-state index in [1.54, 1.807) is 26.2 Å². The number of benzene rings is 2. The van der Waals surface area contributed by atoms with E-state index in [2.05, 4.69) is 10.3 Å². The molecule has 0 bridgehead atoms. The number of ether oxygens (including phenoxy) is 3. The number of halogens is 1. The molecule has 1 aromatic heterocycles. The minimum atomic E-state index is -0.701. The molecule has 0 aliphatic heterocycles. The summed E-state index contributed by atoms with van der Waals surface area (Å²) in [5, 5.41) is 4.37. The Morgan fingerprint density at radius 2 is 1.88 bits per heavy atom. The zero-order valence-corrected chi connectivity index (χ0v) is 19.7. The van der Waals surface area contributed by atoms with Gasteiger partial charge in [0.15, 0.2) is 11.5 Å². The van der Waals surface area contributed by atoms with Gasteiger partial charge in [0.2, 0.25) is 0 Å². The number of carbonyl (C=O) groups is 2. The second kappa shape index (κ2) is 11.0. The molecule has 0 radical (unpaired) electrons. The highest BCUT2D eigenvalue weighted by Crippen LogP contribution is 2.31. The summed E-state index contributed by atoms with van der Waals surface area (Å²) in [4.78, 5) is 40.6.